The fourth-order valence-electron chi connectivity index (χ4n) is 4.95. The zero-order chi connectivity index (χ0) is 34.3. The maximum Gasteiger partial charge on any atom is 0.264 e. The van der Waals surface area contributed by atoms with E-state index in [0.29, 0.717) is 32.9 Å². The van der Waals surface area contributed by atoms with Crippen molar-refractivity contribution in [2.45, 2.75) is 51.6 Å². The third kappa shape index (κ3) is 9.51. The Morgan fingerprint density at radius 1 is 0.809 bits per heavy atom. The van der Waals surface area contributed by atoms with Gasteiger partial charge in [-0.15, -0.1) is 0 Å². The fourth-order valence-corrected chi connectivity index (χ4v) is 6.95. The van der Waals surface area contributed by atoms with Crippen molar-refractivity contribution in [1.29, 1.82) is 0 Å². The van der Waals surface area contributed by atoms with Crippen LogP contribution in [0.15, 0.2) is 95.9 Å². The zero-order valence-electron chi connectivity index (χ0n) is 26.7. The lowest BCUT2D eigenvalue weighted by molar-refractivity contribution is -0.140. The van der Waals surface area contributed by atoms with E-state index in [-0.39, 0.29) is 29.7 Å². The maximum absolute atomic E-state index is 14.6. The van der Waals surface area contributed by atoms with E-state index in [2.05, 4.69) is 5.32 Å². The second-order valence-electron chi connectivity index (χ2n) is 11.8. The molecule has 0 unspecified atom stereocenters. The molecule has 2 amide bonds. The summed E-state index contributed by atoms with van der Waals surface area (Å²) >= 11 is 18.8. The molecule has 0 spiro atoms. The number of nitrogens with one attached hydrogen (secondary N) is 1. The number of sulfonamides is 1. The highest BCUT2D eigenvalue weighted by atomic mass is 35.5. The Balaban J connectivity index is 1.84. The third-order valence-electron chi connectivity index (χ3n) is 7.77. The molecule has 0 aliphatic heterocycles. The van der Waals surface area contributed by atoms with Crippen molar-refractivity contribution in [3.8, 4) is 0 Å². The Morgan fingerprint density at radius 2 is 1.47 bits per heavy atom. The van der Waals surface area contributed by atoms with Crippen molar-refractivity contribution in [2.24, 2.45) is 5.92 Å². The lowest BCUT2D eigenvalue weighted by Crippen LogP contribution is -2.53. The molecule has 0 heterocycles. The van der Waals surface area contributed by atoms with Crippen LogP contribution in [-0.2, 0) is 32.6 Å². The summed E-state index contributed by atoms with van der Waals surface area (Å²) in [5.41, 5.74) is 3.51. The molecule has 7 nitrogen and oxygen atoms in total. The summed E-state index contributed by atoms with van der Waals surface area (Å²) in [5, 5.41) is 4.09. The molecule has 0 saturated carbocycles. The number of nitrogens with zero attached hydrogens (tertiary/aromatic N) is 2. The van der Waals surface area contributed by atoms with Gasteiger partial charge in [-0.25, -0.2) is 8.42 Å². The Hall–Kier alpha value is -3.56. The van der Waals surface area contributed by atoms with Crippen LogP contribution in [0.1, 0.15) is 36.1 Å². The highest BCUT2D eigenvalue weighted by Gasteiger charge is 2.35. The summed E-state index contributed by atoms with van der Waals surface area (Å²) in [5.74, 6) is -0.789. The molecule has 0 aromatic heterocycles. The largest absolute Gasteiger partial charge is 0.354 e. The van der Waals surface area contributed by atoms with E-state index in [4.69, 9.17) is 34.8 Å². The second-order valence-corrected chi connectivity index (χ2v) is 15.0. The van der Waals surface area contributed by atoms with Crippen molar-refractivity contribution in [2.75, 3.05) is 17.4 Å². The van der Waals surface area contributed by atoms with Crippen LogP contribution in [0.25, 0.3) is 0 Å². The molecule has 1 atom stereocenters. The summed E-state index contributed by atoms with van der Waals surface area (Å²) in [6, 6.07) is 24.3. The third-order valence-corrected chi connectivity index (χ3v) is 10.4. The van der Waals surface area contributed by atoms with Gasteiger partial charge >= 0.3 is 0 Å². The standard InChI is InChI=1S/C36H38Cl3N3O4S/c1-24(2)21-40-36(44)34(19-27-8-6-5-7-9-27)41(22-28-11-12-30(38)20-33(28)39)35(43)23-42(31-15-10-25(3)26(4)18-31)47(45,46)32-16-13-29(37)14-17-32/h5-18,20,24,34H,19,21-23H2,1-4H3,(H,40,44)/t34-/m0/s1. The van der Waals surface area contributed by atoms with Crippen LogP contribution in [0, 0.1) is 19.8 Å². The van der Waals surface area contributed by atoms with Gasteiger partial charge in [-0.1, -0.05) is 91.1 Å². The molecule has 4 aromatic rings. The van der Waals surface area contributed by atoms with E-state index in [1.54, 1.807) is 30.3 Å². The van der Waals surface area contributed by atoms with Gasteiger partial charge in [0.1, 0.15) is 12.6 Å². The zero-order valence-corrected chi connectivity index (χ0v) is 29.8. The van der Waals surface area contributed by atoms with Gasteiger partial charge in [0, 0.05) is 34.6 Å². The predicted octanol–water partition coefficient (Wildman–Crippen LogP) is 7.87. The smallest absolute Gasteiger partial charge is 0.264 e. The molecule has 11 heteroatoms. The van der Waals surface area contributed by atoms with E-state index in [1.807, 2.05) is 64.1 Å². The molecule has 4 rings (SSSR count). The van der Waals surface area contributed by atoms with E-state index in [0.717, 1.165) is 21.0 Å². The van der Waals surface area contributed by atoms with E-state index in [9.17, 15) is 18.0 Å². The molecule has 0 aliphatic rings. The number of carbonyl (C=O) groups is 2. The molecule has 0 radical (unpaired) electrons. The van der Waals surface area contributed by atoms with Crippen molar-refractivity contribution in [3.63, 3.8) is 0 Å². The van der Waals surface area contributed by atoms with Gasteiger partial charge in [-0.2, -0.15) is 0 Å². The molecule has 0 aliphatic carbocycles. The number of hydrogen-bond acceptors (Lipinski definition) is 4. The van der Waals surface area contributed by atoms with E-state index in [1.165, 1.54) is 29.2 Å². The van der Waals surface area contributed by atoms with Crippen LogP contribution < -0.4 is 9.62 Å². The quantitative estimate of drug-likeness (QED) is 0.153. The average molecular weight is 715 g/mol. The van der Waals surface area contributed by atoms with Crippen LogP contribution >= 0.6 is 34.8 Å². The lowest BCUT2D eigenvalue weighted by atomic mass is 10.0. The minimum Gasteiger partial charge on any atom is -0.354 e. The van der Waals surface area contributed by atoms with Crippen LogP contribution in [0.5, 0.6) is 0 Å². The first-order chi connectivity index (χ1) is 22.3. The van der Waals surface area contributed by atoms with Crippen molar-refractivity contribution < 1.29 is 18.0 Å². The predicted molar refractivity (Wildman–Crippen MR) is 191 cm³/mol. The Bertz CT molecular complexity index is 1820. The summed E-state index contributed by atoms with van der Waals surface area (Å²) < 4.78 is 29.5. The average Bonchev–Trinajstić information content (AvgIpc) is 3.03. The van der Waals surface area contributed by atoms with Crippen LogP contribution in [-0.4, -0.2) is 44.3 Å². The molecule has 0 fully saturated rings. The minimum atomic E-state index is -4.26. The SMILES string of the molecule is Cc1ccc(N(CC(=O)N(Cc2ccc(Cl)cc2Cl)[C@@H](Cc2ccccc2)C(=O)NCC(C)C)S(=O)(=O)c2ccc(Cl)cc2)cc1C. The first-order valence-corrected chi connectivity index (χ1v) is 17.7. The number of rotatable bonds is 13. The number of anilines is 1. The second kappa shape index (κ2) is 16.0. The first-order valence-electron chi connectivity index (χ1n) is 15.2. The lowest BCUT2D eigenvalue weighted by Gasteiger charge is -2.34. The number of carbonyl (C=O) groups excluding carboxylic acids is 2. The van der Waals surface area contributed by atoms with Gasteiger partial charge in [-0.05, 0) is 90.6 Å². The molecule has 1 N–H and O–H groups in total. The van der Waals surface area contributed by atoms with Crippen molar-refractivity contribution in [1.82, 2.24) is 10.2 Å². The summed E-state index contributed by atoms with van der Waals surface area (Å²) in [6.07, 6.45) is 0.190. The molecule has 0 bridgehead atoms. The van der Waals surface area contributed by atoms with Gasteiger partial charge in [0.05, 0.1) is 10.6 Å². The van der Waals surface area contributed by atoms with Gasteiger partial charge in [0.2, 0.25) is 11.8 Å². The number of benzene rings is 4. The molecular formula is C36H38Cl3N3O4S. The van der Waals surface area contributed by atoms with Crippen LogP contribution in [0.4, 0.5) is 5.69 Å². The van der Waals surface area contributed by atoms with E-state index < -0.39 is 28.5 Å². The molecular weight excluding hydrogens is 677 g/mol. The highest BCUT2D eigenvalue weighted by Crippen LogP contribution is 2.29. The molecule has 248 valence electrons. The number of amides is 2. The van der Waals surface area contributed by atoms with Crippen molar-refractivity contribution >= 4 is 62.3 Å². The number of hydrogen-bond donors (Lipinski definition) is 1. The fraction of sp³-hybridized carbons (Fsp3) is 0.278. The Morgan fingerprint density at radius 3 is 2.09 bits per heavy atom. The number of aryl methyl sites for hydroxylation is 2. The van der Waals surface area contributed by atoms with Gasteiger partial charge in [0.15, 0.2) is 0 Å². The molecule has 0 saturated heterocycles. The normalized spacial score (nSPS) is 12.1. The summed E-state index contributed by atoms with van der Waals surface area (Å²) in [7, 11) is -4.26. The first kappa shape index (κ1) is 36.3. The van der Waals surface area contributed by atoms with Gasteiger partial charge in [0.25, 0.3) is 10.0 Å². The monoisotopic (exact) mass is 713 g/mol. The molecule has 47 heavy (non-hydrogen) atoms. The Kier molecular flexibility index (Phi) is 12.4. The molecule has 4 aromatic carbocycles. The van der Waals surface area contributed by atoms with Crippen LogP contribution in [0.2, 0.25) is 15.1 Å². The minimum absolute atomic E-state index is 0.0317. The van der Waals surface area contributed by atoms with Gasteiger partial charge < -0.3 is 10.2 Å². The number of halogens is 3. The summed E-state index contributed by atoms with van der Waals surface area (Å²) in [4.78, 5) is 29.9. The highest BCUT2D eigenvalue weighted by molar-refractivity contribution is 7.92. The maximum atomic E-state index is 14.6. The summed E-state index contributed by atoms with van der Waals surface area (Å²) in [6.45, 7) is 7.50. The van der Waals surface area contributed by atoms with Crippen LogP contribution in [0.3, 0.4) is 0 Å². The van der Waals surface area contributed by atoms with E-state index >= 15 is 0 Å². The van der Waals surface area contributed by atoms with Gasteiger partial charge in [-0.3, -0.25) is 13.9 Å². The Labute approximate surface area is 292 Å². The topological polar surface area (TPSA) is 86.8 Å². The van der Waals surface area contributed by atoms with Crippen molar-refractivity contribution in [3.05, 3.63) is 128 Å².